The SMILES string of the molecule is O=C(COc1cccc([C@H]2c3sc(=O)[nH]c3SC3C(=O)N(c4ccccc4C(F)(F)F)C(=O)C32)c1)N1CCOCC1. The molecule has 9 nitrogen and oxygen atoms in total. The molecule has 14 heteroatoms. The number of rotatable bonds is 5. The first-order valence-corrected chi connectivity index (χ1v) is 14.3. The number of hydrogen-bond donors (Lipinski definition) is 1. The van der Waals surface area contributed by atoms with Crippen molar-refractivity contribution in [2.75, 3.05) is 37.8 Å². The number of carbonyl (C=O) groups excluding carboxylic acids is 3. The number of nitrogens with zero attached hydrogens (tertiary/aromatic N) is 2. The van der Waals surface area contributed by atoms with E-state index in [1.807, 2.05) is 0 Å². The van der Waals surface area contributed by atoms with Gasteiger partial charge >= 0.3 is 11.0 Å². The van der Waals surface area contributed by atoms with E-state index >= 15 is 0 Å². The summed E-state index contributed by atoms with van der Waals surface area (Å²) in [6.07, 6.45) is -4.79. The fraction of sp³-hybridized carbons (Fsp3) is 0.333. The Balaban J connectivity index is 1.34. The number of aromatic nitrogens is 1. The van der Waals surface area contributed by atoms with Crippen molar-refractivity contribution in [3.63, 3.8) is 0 Å². The van der Waals surface area contributed by atoms with Gasteiger partial charge in [-0.05, 0) is 29.8 Å². The van der Waals surface area contributed by atoms with Crippen LogP contribution in [0.3, 0.4) is 0 Å². The molecule has 2 fully saturated rings. The number of nitrogens with one attached hydrogen (secondary N) is 1. The van der Waals surface area contributed by atoms with Gasteiger partial charge in [-0.1, -0.05) is 47.4 Å². The van der Waals surface area contributed by atoms with Gasteiger partial charge in [0, 0.05) is 23.9 Å². The van der Waals surface area contributed by atoms with Gasteiger partial charge in [0.2, 0.25) is 11.8 Å². The molecule has 214 valence electrons. The lowest BCUT2D eigenvalue weighted by Crippen LogP contribution is -2.42. The standard InChI is InChI=1S/C27H22F3N3O6S2/c28-27(29,30)16-6-1-2-7-17(16)33-24(35)20-19(21-23(31-26(37)41-21)40-22(20)25(33)36)14-4-3-5-15(12-14)39-13-18(34)32-8-10-38-11-9-32/h1-7,12,19-20,22H,8-11,13H2,(H,31,37)/t19-,20?,22?/m1/s1. The fourth-order valence-electron chi connectivity index (χ4n) is 5.37. The predicted octanol–water partition coefficient (Wildman–Crippen LogP) is 3.49. The molecule has 2 aromatic carbocycles. The lowest BCUT2D eigenvalue weighted by molar-refractivity contribution is -0.138. The van der Waals surface area contributed by atoms with Crippen LogP contribution in [0, 0.1) is 5.92 Å². The Morgan fingerprint density at radius 1 is 1.05 bits per heavy atom. The van der Waals surface area contributed by atoms with Crippen molar-refractivity contribution < 1.29 is 37.0 Å². The summed E-state index contributed by atoms with van der Waals surface area (Å²) in [4.78, 5) is 57.4. The van der Waals surface area contributed by atoms with Crippen LogP contribution >= 0.6 is 23.1 Å². The number of amides is 3. The van der Waals surface area contributed by atoms with Gasteiger partial charge in [0.25, 0.3) is 5.91 Å². The van der Waals surface area contributed by atoms with Crippen molar-refractivity contribution >= 4 is 46.5 Å². The quantitative estimate of drug-likeness (QED) is 0.444. The number of carbonyl (C=O) groups is 3. The van der Waals surface area contributed by atoms with Crippen molar-refractivity contribution in [2.24, 2.45) is 5.92 Å². The maximum atomic E-state index is 13.9. The van der Waals surface area contributed by atoms with E-state index < -0.39 is 46.3 Å². The van der Waals surface area contributed by atoms with E-state index in [1.165, 1.54) is 12.1 Å². The van der Waals surface area contributed by atoms with E-state index in [9.17, 15) is 32.3 Å². The van der Waals surface area contributed by atoms with Crippen molar-refractivity contribution in [1.29, 1.82) is 0 Å². The molecule has 2 saturated heterocycles. The molecule has 3 aliphatic heterocycles. The summed E-state index contributed by atoms with van der Waals surface area (Å²) in [5.41, 5.74) is -1.09. The van der Waals surface area contributed by atoms with E-state index in [0.29, 0.717) is 52.4 Å². The molecule has 3 amide bonds. The van der Waals surface area contributed by atoms with Gasteiger partial charge in [0.05, 0.1) is 35.4 Å². The normalized spacial score (nSPS) is 22.5. The minimum absolute atomic E-state index is 0.213. The molecule has 4 heterocycles. The highest BCUT2D eigenvalue weighted by Gasteiger charge is 2.57. The molecule has 0 spiro atoms. The summed E-state index contributed by atoms with van der Waals surface area (Å²) < 4.78 is 52.5. The van der Waals surface area contributed by atoms with Gasteiger partial charge in [-0.2, -0.15) is 13.2 Å². The summed E-state index contributed by atoms with van der Waals surface area (Å²) in [5.74, 6) is -3.33. The molecule has 0 bridgehead atoms. The van der Waals surface area contributed by atoms with Crippen molar-refractivity contribution in [3.05, 3.63) is 74.2 Å². The van der Waals surface area contributed by atoms with Crippen molar-refractivity contribution in [3.8, 4) is 5.75 Å². The summed E-state index contributed by atoms with van der Waals surface area (Å²) >= 11 is 1.86. The van der Waals surface area contributed by atoms with Gasteiger partial charge in [-0.25, -0.2) is 4.90 Å². The first-order chi connectivity index (χ1) is 19.6. The highest BCUT2D eigenvalue weighted by Crippen LogP contribution is 2.54. The maximum Gasteiger partial charge on any atom is 0.418 e. The second-order valence-corrected chi connectivity index (χ2v) is 11.8. The van der Waals surface area contributed by atoms with Crippen LogP contribution in [0.5, 0.6) is 5.75 Å². The highest BCUT2D eigenvalue weighted by molar-refractivity contribution is 8.00. The molecular formula is C27H22F3N3O6S2. The smallest absolute Gasteiger partial charge is 0.418 e. The topological polar surface area (TPSA) is 109 Å². The van der Waals surface area contributed by atoms with Gasteiger partial charge in [0.1, 0.15) is 11.0 Å². The summed E-state index contributed by atoms with van der Waals surface area (Å²) in [6, 6.07) is 11.1. The zero-order valence-corrected chi connectivity index (χ0v) is 22.8. The summed E-state index contributed by atoms with van der Waals surface area (Å²) in [5, 5.41) is -0.661. The molecule has 0 saturated carbocycles. The first-order valence-electron chi connectivity index (χ1n) is 12.7. The number of halogens is 3. The van der Waals surface area contributed by atoms with Crippen LogP contribution < -0.4 is 14.5 Å². The Kier molecular flexibility index (Phi) is 7.16. The summed E-state index contributed by atoms with van der Waals surface area (Å²) in [6.45, 7) is 1.60. The average molecular weight is 606 g/mol. The van der Waals surface area contributed by atoms with Gasteiger partial charge < -0.3 is 19.4 Å². The van der Waals surface area contributed by atoms with Crippen LogP contribution in [-0.2, 0) is 25.3 Å². The molecule has 3 aliphatic rings. The molecule has 1 N–H and O–H groups in total. The van der Waals surface area contributed by atoms with E-state index in [-0.39, 0.29) is 17.4 Å². The van der Waals surface area contributed by atoms with Gasteiger partial charge in [-0.3, -0.25) is 19.2 Å². The lowest BCUT2D eigenvalue weighted by Gasteiger charge is -2.30. The van der Waals surface area contributed by atoms with Gasteiger partial charge in [0.15, 0.2) is 6.61 Å². The molecule has 6 rings (SSSR count). The largest absolute Gasteiger partial charge is 0.484 e. The van der Waals surface area contributed by atoms with E-state index in [0.717, 1.165) is 35.2 Å². The van der Waals surface area contributed by atoms with Crippen molar-refractivity contribution in [1.82, 2.24) is 9.88 Å². The first kappa shape index (κ1) is 27.5. The second-order valence-electron chi connectivity index (χ2n) is 9.63. The number of thioether (sulfide) groups is 1. The number of H-pyrrole nitrogens is 1. The molecule has 0 aliphatic carbocycles. The van der Waals surface area contributed by atoms with Crippen molar-refractivity contribution in [2.45, 2.75) is 22.4 Å². The number of aromatic amines is 1. The molecule has 3 atom stereocenters. The number of benzene rings is 2. The van der Waals surface area contributed by atoms with Crippen LogP contribution in [0.4, 0.5) is 18.9 Å². The number of fused-ring (bicyclic) bond motifs is 2. The number of ether oxygens (including phenoxy) is 2. The Morgan fingerprint density at radius 2 is 1.80 bits per heavy atom. The Hall–Kier alpha value is -3.62. The molecular weight excluding hydrogens is 583 g/mol. The van der Waals surface area contributed by atoms with E-state index in [1.54, 1.807) is 29.2 Å². The second kappa shape index (κ2) is 10.7. The number of anilines is 1. The van der Waals surface area contributed by atoms with Crippen LogP contribution in [0.25, 0.3) is 0 Å². The number of alkyl halides is 3. The fourth-order valence-corrected chi connectivity index (χ4v) is 7.88. The number of para-hydroxylation sites is 1. The van der Waals surface area contributed by atoms with Crippen LogP contribution in [-0.4, -0.2) is 65.8 Å². The Bertz CT molecular complexity index is 1580. The number of thiazole rings is 1. The minimum Gasteiger partial charge on any atom is -0.484 e. The maximum absolute atomic E-state index is 13.9. The Morgan fingerprint density at radius 3 is 2.56 bits per heavy atom. The number of hydrogen-bond acceptors (Lipinski definition) is 8. The highest BCUT2D eigenvalue weighted by atomic mass is 32.2. The predicted molar refractivity (Wildman–Crippen MR) is 143 cm³/mol. The molecule has 0 radical (unpaired) electrons. The zero-order valence-electron chi connectivity index (χ0n) is 21.2. The molecule has 3 aromatic rings. The van der Waals surface area contributed by atoms with E-state index in [4.69, 9.17) is 9.47 Å². The van der Waals surface area contributed by atoms with Crippen LogP contribution in [0.1, 0.15) is 21.9 Å². The third-order valence-corrected chi connectivity index (χ3v) is 9.62. The zero-order chi connectivity index (χ0) is 28.9. The molecule has 2 unspecified atom stereocenters. The van der Waals surface area contributed by atoms with Gasteiger partial charge in [-0.15, -0.1) is 0 Å². The number of imide groups is 1. The third kappa shape index (κ3) is 5.04. The lowest BCUT2D eigenvalue weighted by atomic mass is 9.83. The average Bonchev–Trinajstić information content (AvgIpc) is 3.45. The van der Waals surface area contributed by atoms with Crippen LogP contribution in [0.15, 0.2) is 58.4 Å². The molecule has 1 aromatic heterocycles. The molecule has 41 heavy (non-hydrogen) atoms. The minimum atomic E-state index is -4.79. The van der Waals surface area contributed by atoms with Crippen LogP contribution in [0.2, 0.25) is 0 Å². The number of morpholine rings is 1. The monoisotopic (exact) mass is 605 g/mol. The summed E-state index contributed by atoms with van der Waals surface area (Å²) in [7, 11) is 0. The third-order valence-electron chi connectivity index (χ3n) is 7.22. The van der Waals surface area contributed by atoms with E-state index in [2.05, 4.69) is 4.98 Å². The Labute approximate surface area is 239 Å².